The molecule has 1 aromatic heterocycles. The average Bonchev–Trinajstić information content (AvgIpc) is 2.81. The van der Waals surface area contributed by atoms with E-state index in [4.69, 9.17) is 13.8 Å². The molecule has 0 aliphatic heterocycles. The van der Waals surface area contributed by atoms with Gasteiger partial charge in [-0.3, -0.25) is 9.25 Å². The maximum absolute atomic E-state index is 12.6. The summed E-state index contributed by atoms with van der Waals surface area (Å²) in [5.74, 6) is -0.439. The van der Waals surface area contributed by atoms with E-state index in [-0.39, 0.29) is 19.5 Å². The van der Waals surface area contributed by atoms with Crippen molar-refractivity contribution in [3.8, 4) is 0 Å². The Hall–Kier alpha value is -0.953. The maximum Gasteiger partial charge on any atom is 0.351 e. The second kappa shape index (κ2) is 7.54. The minimum Gasteiger partial charge on any atom is -0.465 e. The molecule has 0 fully saturated rings. The SMILES string of the molecule is CCOP(=O)(Cn1cc(C(=O)OC)c([Si](C)(C)C)n1)OCC. The van der Waals surface area contributed by atoms with Crippen LogP contribution < -0.4 is 5.32 Å². The Morgan fingerprint density at radius 2 is 1.82 bits per heavy atom. The lowest BCUT2D eigenvalue weighted by atomic mass is 10.4. The van der Waals surface area contributed by atoms with E-state index in [2.05, 4.69) is 24.7 Å². The Labute approximate surface area is 132 Å². The van der Waals surface area contributed by atoms with Gasteiger partial charge in [-0.2, -0.15) is 5.10 Å². The van der Waals surface area contributed by atoms with E-state index in [0.29, 0.717) is 5.56 Å². The highest BCUT2D eigenvalue weighted by Crippen LogP contribution is 2.49. The van der Waals surface area contributed by atoms with E-state index in [0.717, 1.165) is 5.32 Å². The molecule has 126 valence electrons. The van der Waals surface area contributed by atoms with Crippen molar-refractivity contribution in [1.29, 1.82) is 0 Å². The zero-order valence-corrected chi connectivity index (χ0v) is 16.0. The topological polar surface area (TPSA) is 79.7 Å². The van der Waals surface area contributed by atoms with E-state index in [1.54, 1.807) is 20.0 Å². The van der Waals surface area contributed by atoms with E-state index >= 15 is 0 Å². The van der Waals surface area contributed by atoms with Crippen molar-refractivity contribution >= 4 is 27.0 Å². The highest BCUT2D eigenvalue weighted by Gasteiger charge is 2.31. The van der Waals surface area contributed by atoms with E-state index in [1.807, 2.05) is 0 Å². The van der Waals surface area contributed by atoms with Crippen molar-refractivity contribution in [2.45, 2.75) is 39.8 Å². The van der Waals surface area contributed by atoms with Gasteiger partial charge in [0, 0.05) is 6.20 Å². The normalized spacial score (nSPS) is 12.5. The van der Waals surface area contributed by atoms with Crippen LogP contribution in [-0.4, -0.2) is 44.1 Å². The summed E-state index contributed by atoms with van der Waals surface area (Å²) in [6, 6.07) is 0. The maximum atomic E-state index is 12.6. The number of methoxy groups -OCH3 is 1. The summed E-state index contributed by atoms with van der Waals surface area (Å²) in [7, 11) is -3.80. The van der Waals surface area contributed by atoms with Crippen LogP contribution in [0.4, 0.5) is 0 Å². The molecule has 22 heavy (non-hydrogen) atoms. The molecule has 0 saturated carbocycles. The fourth-order valence-electron chi connectivity index (χ4n) is 2.00. The van der Waals surface area contributed by atoms with Gasteiger partial charge in [0.15, 0.2) is 0 Å². The first-order chi connectivity index (χ1) is 10.2. The van der Waals surface area contributed by atoms with Crippen molar-refractivity contribution < 1.29 is 23.1 Å². The molecule has 0 aliphatic rings. The molecule has 7 nitrogen and oxygen atoms in total. The number of hydrogen-bond acceptors (Lipinski definition) is 6. The molecule has 0 N–H and O–H groups in total. The predicted octanol–water partition coefficient (Wildman–Crippen LogP) is 2.44. The fourth-order valence-corrected chi connectivity index (χ4v) is 4.92. The molecule has 9 heteroatoms. The summed E-state index contributed by atoms with van der Waals surface area (Å²) in [6.45, 7) is 10.3. The molecule has 1 aromatic rings. The van der Waals surface area contributed by atoms with E-state index in [9.17, 15) is 9.36 Å². The van der Waals surface area contributed by atoms with Gasteiger partial charge in [0.05, 0.1) is 31.2 Å². The van der Waals surface area contributed by atoms with Gasteiger partial charge in [-0.1, -0.05) is 19.6 Å². The van der Waals surface area contributed by atoms with Gasteiger partial charge in [0.1, 0.15) is 14.4 Å². The number of carbonyl (C=O) groups is 1. The zero-order valence-electron chi connectivity index (χ0n) is 14.1. The zero-order chi connectivity index (χ0) is 17.0. The number of esters is 1. The molecule has 0 bridgehead atoms. The van der Waals surface area contributed by atoms with Crippen LogP contribution in [-0.2, 0) is 24.6 Å². The Kier molecular flexibility index (Phi) is 6.55. The van der Waals surface area contributed by atoms with E-state index in [1.165, 1.54) is 11.8 Å². The number of carbonyl (C=O) groups excluding carboxylic acids is 1. The first-order valence-corrected chi connectivity index (χ1v) is 12.4. The lowest BCUT2D eigenvalue weighted by Crippen LogP contribution is -2.42. The minimum atomic E-state index is -3.27. The van der Waals surface area contributed by atoms with Crippen molar-refractivity contribution in [3.63, 3.8) is 0 Å². The predicted molar refractivity (Wildman–Crippen MR) is 87.4 cm³/mol. The monoisotopic (exact) mass is 348 g/mol. The first kappa shape index (κ1) is 19.1. The molecule has 0 saturated heterocycles. The molecule has 0 spiro atoms. The van der Waals surface area contributed by atoms with Crippen molar-refractivity contribution in [2.75, 3.05) is 20.3 Å². The molecule has 0 radical (unpaired) electrons. The van der Waals surface area contributed by atoms with Crippen LogP contribution in [0.25, 0.3) is 0 Å². The number of aromatic nitrogens is 2. The molecule has 1 heterocycles. The van der Waals surface area contributed by atoms with Crippen LogP contribution >= 0.6 is 7.60 Å². The second-order valence-electron chi connectivity index (χ2n) is 5.76. The van der Waals surface area contributed by atoms with Gasteiger partial charge in [-0.25, -0.2) is 4.79 Å². The Morgan fingerprint density at radius 1 is 1.27 bits per heavy atom. The number of nitrogens with zero attached hydrogens (tertiary/aromatic N) is 2. The first-order valence-electron chi connectivity index (χ1n) is 7.21. The quantitative estimate of drug-likeness (QED) is 0.408. The minimum absolute atomic E-state index is 0.0246. The standard InChI is InChI=1S/C13H25N2O5PSi/c1-7-19-21(17,20-8-2)10-15-9-11(13(16)18-3)12(14-15)22(4,5)6/h9H,7-8,10H2,1-6H3. The largest absolute Gasteiger partial charge is 0.465 e. The Balaban J connectivity index is 3.18. The highest BCUT2D eigenvalue weighted by atomic mass is 31.2. The summed E-state index contributed by atoms with van der Waals surface area (Å²) >= 11 is 0. The second-order valence-corrected chi connectivity index (χ2v) is 12.8. The number of rotatable bonds is 8. The fraction of sp³-hybridized carbons (Fsp3) is 0.692. The summed E-state index contributed by atoms with van der Waals surface area (Å²) < 4.78 is 29.4. The summed E-state index contributed by atoms with van der Waals surface area (Å²) in [5.41, 5.74) is 0.418. The van der Waals surface area contributed by atoms with Gasteiger partial charge in [-0.05, 0) is 13.8 Å². The van der Waals surface area contributed by atoms with Gasteiger partial charge in [-0.15, -0.1) is 0 Å². The molecule has 0 aromatic carbocycles. The summed E-state index contributed by atoms with van der Waals surface area (Å²) in [5, 5.41) is 5.17. The van der Waals surface area contributed by atoms with Gasteiger partial charge in [0.2, 0.25) is 0 Å². The van der Waals surface area contributed by atoms with Gasteiger partial charge < -0.3 is 13.8 Å². The lowest BCUT2D eigenvalue weighted by Gasteiger charge is -2.17. The average molecular weight is 348 g/mol. The molecule has 0 amide bonds. The van der Waals surface area contributed by atoms with Crippen molar-refractivity contribution in [2.24, 2.45) is 0 Å². The summed E-state index contributed by atoms with van der Waals surface area (Å²) in [4.78, 5) is 11.9. The Morgan fingerprint density at radius 3 is 2.23 bits per heavy atom. The van der Waals surface area contributed by atoms with Crippen LogP contribution in [0.1, 0.15) is 24.2 Å². The van der Waals surface area contributed by atoms with Crippen LogP contribution in [0, 0.1) is 0 Å². The van der Waals surface area contributed by atoms with Crippen molar-refractivity contribution in [3.05, 3.63) is 11.8 Å². The Bertz CT molecular complexity index is 557. The third kappa shape index (κ3) is 4.77. The molecular weight excluding hydrogens is 323 g/mol. The lowest BCUT2D eigenvalue weighted by molar-refractivity contribution is 0.0602. The molecular formula is C13H25N2O5PSi. The van der Waals surface area contributed by atoms with Crippen LogP contribution in [0.15, 0.2) is 6.20 Å². The third-order valence-electron chi connectivity index (χ3n) is 2.85. The van der Waals surface area contributed by atoms with E-state index < -0.39 is 21.6 Å². The van der Waals surface area contributed by atoms with Gasteiger partial charge >= 0.3 is 13.6 Å². The molecule has 0 atom stereocenters. The molecule has 0 aliphatic carbocycles. The highest BCUT2D eigenvalue weighted by molar-refractivity contribution is 7.52. The molecule has 1 rings (SSSR count). The van der Waals surface area contributed by atoms with Crippen LogP contribution in [0.5, 0.6) is 0 Å². The van der Waals surface area contributed by atoms with Crippen LogP contribution in [0.3, 0.4) is 0 Å². The summed E-state index contributed by atoms with van der Waals surface area (Å²) in [6.07, 6.45) is 1.53. The third-order valence-corrected chi connectivity index (χ3v) is 6.58. The van der Waals surface area contributed by atoms with Crippen molar-refractivity contribution in [1.82, 2.24) is 9.78 Å². The smallest absolute Gasteiger partial charge is 0.351 e. The van der Waals surface area contributed by atoms with Gasteiger partial charge in [0.25, 0.3) is 0 Å². The number of hydrogen-bond donors (Lipinski definition) is 0. The molecule has 0 unspecified atom stereocenters. The van der Waals surface area contributed by atoms with Crippen LogP contribution in [0.2, 0.25) is 19.6 Å². The number of ether oxygens (including phenoxy) is 1.